The Bertz CT molecular complexity index is 378. The van der Waals surface area contributed by atoms with Crippen LogP contribution in [0.4, 0.5) is 0 Å². The molecule has 1 aliphatic heterocycles. The van der Waals surface area contributed by atoms with Gasteiger partial charge in [-0.1, -0.05) is 12.1 Å². The molecule has 1 saturated heterocycles. The first-order chi connectivity index (χ1) is 6.68. The van der Waals surface area contributed by atoms with Crippen molar-refractivity contribution >= 4 is 21.8 Å². The number of carbonyl (C=O) groups is 1. The van der Waals surface area contributed by atoms with Gasteiger partial charge in [0.15, 0.2) is 0 Å². The maximum atomic E-state index is 11.0. The number of hydrogen-bond acceptors (Lipinski definition) is 2. The van der Waals surface area contributed by atoms with Crippen molar-refractivity contribution in [1.82, 2.24) is 5.32 Å². The highest BCUT2D eigenvalue weighted by Gasteiger charge is 2.25. The molecule has 4 heteroatoms. The highest BCUT2D eigenvalue weighted by atomic mass is 79.9. The summed E-state index contributed by atoms with van der Waals surface area (Å²) in [6, 6.07) is 5.50. The predicted octanol–water partition coefficient (Wildman–Crippen LogP) is 1.76. The third-order valence-corrected chi connectivity index (χ3v) is 3.08. The number of hydrogen-bond donors (Lipinski definition) is 2. The van der Waals surface area contributed by atoms with Crippen LogP contribution in [0.25, 0.3) is 0 Å². The summed E-state index contributed by atoms with van der Waals surface area (Å²) in [5.41, 5.74) is 0.831. The number of halogens is 1. The van der Waals surface area contributed by atoms with Crippen molar-refractivity contribution in [2.75, 3.05) is 6.54 Å². The summed E-state index contributed by atoms with van der Waals surface area (Å²) in [5.74, 6) is 0.392. The molecule has 0 aliphatic carbocycles. The normalized spacial score (nSPS) is 20.9. The Morgan fingerprint density at radius 2 is 2.29 bits per heavy atom. The smallest absolute Gasteiger partial charge is 0.220 e. The van der Waals surface area contributed by atoms with E-state index in [9.17, 15) is 9.90 Å². The molecular weight excluding hydrogens is 246 g/mol. The van der Waals surface area contributed by atoms with Crippen LogP contribution >= 0.6 is 15.9 Å². The van der Waals surface area contributed by atoms with E-state index in [0.29, 0.717) is 17.4 Å². The van der Waals surface area contributed by atoms with Crippen molar-refractivity contribution < 1.29 is 9.90 Å². The lowest BCUT2D eigenvalue weighted by atomic mass is 9.97. The maximum Gasteiger partial charge on any atom is 0.220 e. The molecule has 1 heterocycles. The SMILES string of the molecule is O=C1CC(c2cccc(Br)c2O)CN1. The number of nitrogens with one attached hydrogen (secondary N) is 1. The van der Waals surface area contributed by atoms with Crippen LogP contribution < -0.4 is 5.32 Å². The first-order valence-corrected chi connectivity index (χ1v) is 5.22. The number of amides is 1. The Morgan fingerprint density at radius 3 is 2.93 bits per heavy atom. The topological polar surface area (TPSA) is 49.3 Å². The van der Waals surface area contributed by atoms with Crippen LogP contribution in [0.1, 0.15) is 17.9 Å². The third kappa shape index (κ3) is 1.62. The molecule has 1 aliphatic rings. The third-order valence-electron chi connectivity index (χ3n) is 2.44. The van der Waals surface area contributed by atoms with Gasteiger partial charge >= 0.3 is 0 Å². The molecule has 0 radical (unpaired) electrons. The summed E-state index contributed by atoms with van der Waals surface area (Å²) in [6.45, 7) is 0.614. The molecular formula is C10H10BrNO2. The number of benzene rings is 1. The van der Waals surface area contributed by atoms with Crippen LogP contribution in [0.5, 0.6) is 5.75 Å². The number of aromatic hydroxyl groups is 1. The Hall–Kier alpha value is -1.03. The minimum Gasteiger partial charge on any atom is -0.506 e. The maximum absolute atomic E-state index is 11.0. The van der Waals surface area contributed by atoms with E-state index in [4.69, 9.17) is 0 Å². The molecule has 14 heavy (non-hydrogen) atoms. The minimum atomic E-state index is 0.0503. The summed E-state index contributed by atoms with van der Waals surface area (Å²) in [7, 11) is 0. The number of phenols is 1. The van der Waals surface area contributed by atoms with E-state index < -0.39 is 0 Å². The summed E-state index contributed by atoms with van der Waals surface area (Å²) in [6.07, 6.45) is 0.462. The van der Waals surface area contributed by atoms with Crippen molar-refractivity contribution in [3.8, 4) is 5.75 Å². The fourth-order valence-electron chi connectivity index (χ4n) is 1.69. The lowest BCUT2D eigenvalue weighted by molar-refractivity contribution is -0.119. The molecule has 3 nitrogen and oxygen atoms in total. The van der Waals surface area contributed by atoms with Crippen molar-refractivity contribution in [2.45, 2.75) is 12.3 Å². The van der Waals surface area contributed by atoms with Gasteiger partial charge in [0.2, 0.25) is 5.91 Å². The van der Waals surface area contributed by atoms with Gasteiger partial charge in [-0.2, -0.15) is 0 Å². The van der Waals surface area contributed by atoms with Crippen molar-refractivity contribution in [3.63, 3.8) is 0 Å². The van der Waals surface area contributed by atoms with E-state index in [2.05, 4.69) is 21.2 Å². The fraction of sp³-hybridized carbons (Fsp3) is 0.300. The van der Waals surface area contributed by atoms with Gasteiger partial charge in [-0.15, -0.1) is 0 Å². The van der Waals surface area contributed by atoms with Gasteiger partial charge in [-0.05, 0) is 22.0 Å². The van der Waals surface area contributed by atoms with Gasteiger partial charge in [0.1, 0.15) is 5.75 Å². The molecule has 1 fully saturated rings. The molecule has 1 aromatic carbocycles. The standard InChI is InChI=1S/C10H10BrNO2/c11-8-3-1-2-7(10(8)14)6-4-9(13)12-5-6/h1-3,6,14H,4-5H2,(H,12,13). The average Bonchev–Trinajstić information content (AvgIpc) is 2.57. The van der Waals surface area contributed by atoms with Crippen LogP contribution in [0.3, 0.4) is 0 Å². The summed E-state index contributed by atoms with van der Waals surface area (Å²) < 4.78 is 0.675. The van der Waals surface area contributed by atoms with Gasteiger partial charge in [0.25, 0.3) is 0 Å². The zero-order valence-corrected chi connectivity index (χ0v) is 9.04. The molecule has 2 rings (SSSR count). The van der Waals surface area contributed by atoms with Crippen LogP contribution in [0, 0.1) is 0 Å². The lowest BCUT2D eigenvalue weighted by Crippen LogP contribution is -2.13. The first-order valence-electron chi connectivity index (χ1n) is 4.42. The van der Waals surface area contributed by atoms with Crippen molar-refractivity contribution in [2.24, 2.45) is 0 Å². The van der Waals surface area contributed by atoms with E-state index in [-0.39, 0.29) is 17.6 Å². The summed E-state index contributed by atoms with van der Waals surface area (Å²) in [4.78, 5) is 11.0. The van der Waals surface area contributed by atoms with E-state index in [1.165, 1.54) is 0 Å². The average molecular weight is 256 g/mol. The Labute approximate surface area is 90.3 Å². The fourth-order valence-corrected chi connectivity index (χ4v) is 2.07. The predicted molar refractivity (Wildman–Crippen MR) is 56.2 cm³/mol. The quantitative estimate of drug-likeness (QED) is 0.804. The Kier molecular flexibility index (Phi) is 2.46. The van der Waals surface area contributed by atoms with E-state index in [1.54, 1.807) is 6.07 Å². The Morgan fingerprint density at radius 1 is 1.50 bits per heavy atom. The van der Waals surface area contributed by atoms with Crippen LogP contribution in [0.2, 0.25) is 0 Å². The number of para-hydroxylation sites is 1. The van der Waals surface area contributed by atoms with Gasteiger partial charge in [0.05, 0.1) is 4.47 Å². The number of rotatable bonds is 1. The second-order valence-electron chi connectivity index (χ2n) is 3.38. The Balaban J connectivity index is 2.32. The first kappa shape index (κ1) is 9.52. The van der Waals surface area contributed by atoms with Crippen LogP contribution in [0.15, 0.2) is 22.7 Å². The van der Waals surface area contributed by atoms with Gasteiger partial charge in [-0.3, -0.25) is 4.79 Å². The highest BCUT2D eigenvalue weighted by molar-refractivity contribution is 9.10. The molecule has 1 atom stereocenters. The number of carbonyl (C=O) groups excluding carboxylic acids is 1. The van der Waals surface area contributed by atoms with Crippen molar-refractivity contribution in [3.05, 3.63) is 28.2 Å². The summed E-state index contributed by atoms with van der Waals surface area (Å²) in [5, 5.41) is 12.5. The zero-order valence-electron chi connectivity index (χ0n) is 7.46. The van der Waals surface area contributed by atoms with E-state index >= 15 is 0 Å². The second-order valence-corrected chi connectivity index (χ2v) is 4.24. The molecule has 0 saturated carbocycles. The van der Waals surface area contributed by atoms with Crippen molar-refractivity contribution in [1.29, 1.82) is 0 Å². The molecule has 0 aromatic heterocycles. The summed E-state index contributed by atoms with van der Waals surface area (Å²) >= 11 is 3.25. The molecule has 1 unspecified atom stereocenters. The van der Waals surface area contributed by atoms with Gasteiger partial charge in [0, 0.05) is 24.4 Å². The largest absolute Gasteiger partial charge is 0.506 e. The lowest BCUT2D eigenvalue weighted by Gasteiger charge is -2.10. The molecule has 1 aromatic rings. The molecule has 0 bridgehead atoms. The second kappa shape index (κ2) is 3.61. The van der Waals surface area contributed by atoms with E-state index in [1.807, 2.05) is 12.1 Å². The van der Waals surface area contributed by atoms with Crippen LogP contribution in [-0.4, -0.2) is 17.6 Å². The van der Waals surface area contributed by atoms with Gasteiger partial charge in [-0.25, -0.2) is 0 Å². The monoisotopic (exact) mass is 255 g/mol. The highest BCUT2D eigenvalue weighted by Crippen LogP contribution is 2.35. The minimum absolute atomic E-state index is 0.0503. The molecule has 2 N–H and O–H groups in total. The molecule has 74 valence electrons. The van der Waals surface area contributed by atoms with E-state index in [0.717, 1.165) is 5.56 Å². The zero-order chi connectivity index (χ0) is 10.1. The number of phenolic OH excluding ortho intramolecular Hbond substituents is 1. The van der Waals surface area contributed by atoms with Gasteiger partial charge < -0.3 is 10.4 Å². The molecule has 0 spiro atoms. The van der Waals surface area contributed by atoms with Crippen LogP contribution in [-0.2, 0) is 4.79 Å². The molecule has 1 amide bonds.